The Morgan fingerprint density at radius 1 is 1.04 bits per heavy atom. The molecule has 0 spiro atoms. The number of sulfone groups is 1. The molecule has 0 fully saturated rings. The van der Waals surface area contributed by atoms with E-state index in [2.05, 4.69) is 17.4 Å². The minimum absolute atomic E-state index is 0.0165. The Balaban J connectivity index is 1.90. The van der Waals surface area contributed by atoms with Gasteiger partial charge in [0.05, 0.1) is 11.0 Å². The molecule has 0 aromatic heterocycles. The number of nitrogens with one attached hydrogen (secondary N) is 1. The van der Waals surface area contributed by atoms with E-state index in [1.54, 1.807) is 12.1 Å². The topological polar surface area (TPSA) is 66.4 Å². The summed E-state index contributed by atoms with van der Waals surface area (Å²) in [7, 11) is -3.20. The van der Waals surface area contributed by atoms with E-state index in [0.29, 0.717) is 6.54 Å². The summed E-state index contributed by atoms with van der Waals surface area (Å²) >= 11 is 0. The number of rotatable bonds is 7. The molecule has 2 atom stereocenters. The molecule has 0 aliphatic heterocycles. The van der Waals surface area contributed by atoms with E-state index >= 15 is 0 Å². The normalized spacial score (nSPS) is 14.4. The van der Waals surface area contributed by atoms with Crippen LogP contribution >= 0.6 is 0 Å². The lowest BCUT2D eigenvalue weighted by Gasteiger charge is -2.20. The molecule has 0 amide bonds. The van der Waals surface area contributed by atoms with Gasteiger partial charge in [0.25, 0.3) is 0 Å². The van der Waals surface area contributed by atoms with Gasteiger partial charge in [0.15, 0.2) is 9.84 Å². The van der Waals surface area contributed by atoms with Crippen LogP contribution in [-0.4, -0.2) is 26.3 Å². The van der Waals surface area contributed by atoms with Crippen molar-refractivity contribution in [2.24, 2.45) is 5.92 Å². The lowest BCUT2D eigenvalue weighted by atomic mass is 9.97. The molecule has 0 radical (unpaired) electrons. The molecule has 23 heavy (non-hydrogen) atoms. The van der Waals surface area contributed by atoms with Crippen LogP contribution in [0, 0.1) is 5.92 Å². The zero-order valence-corrected chi connectivity index (χ0v) is 14.3. The van der Waals surface area contributed by atoms with E-state index in [0.717, 1.165) is 12.1 Å². The quantitative estimate of drug-likeness (QED) is 0.817. The van der Waals surface area contributed by atoms with Gasteiger partial charge >= 0.3 is 0 Å². The second-order valence-electron chi connectivity index (χ2n) is 5.88. The molecule has 0 aliphatic rings. The van der Waals surface area contributed by atoms with Crippen molar-refractivity contribution >= 4 is 9.84 Å². The van der Waals surface area contributed by atoms with Gasteiger partial charge in [-0.15, -0.1) is 0 Å². The highest BCUT2D eigenvalue weighted by atomic mass is 32.2. The third kappa shape index (κ3) is 5.16. The molecule has 124 valence electrons. The Labute approximate surface area is 138 Å². The van der Waals surface area contributed by atoms with Crippen molar-refractivity contribution in [3.8, 4) is 0 Å². The summed E-state index contributed by atoms with van der Waals surface area (Å²) < 4.78 is 22.9. The highest BCUT2D eigenvalue weighted by Crippen LogP contribution is 2.22. The van der Waals surface area contributed by atoms with Gasteiger partial charge < -0.3 is 10.4 Å². The van der Waals surface area contributed by atoms with Crippen molar-refractivity contribution in [3.05, 3.63) is 65.7 Å². The predicted molar refractivity (Wildman–Crippen MR) is 91.8 cm³/mol. The first kappa shape index (κ1) is 17.7. The first-order valence-electron chi connectivity index (χ1n) is 7.60. The molecule has 2 aromatic carbocycles. The molecule has 4 nitrogen and oxygen atoms in total. The molecule has 2 aromatic rings. The van der Waals surface area contributed by atoms with Crippen LogP contribution in [0.2, 0.25) is 0 Å². The largest absolute Gasteiger partial charge is 0.388 e. The van der Waals surface area contributed by atoms with Crippen molar-refractivity contribution in [2.45, 2.75) is 24.5 Å². The first-order chi connectivity index (χ1) is 10.9. The van der Waals surface area contributed by atoms with Crippen molar-refractivity contribution < 1.29 is 13.5 Å². The van der Waals surface area contributed by atoms with Crippen LogP contribution in [0.4, 0.5) is 0 Å². The molecule has 2 rings (SSSR count). The Hall–Kier alpha value is -1.69. The molecule has 5 heteroatoms. The van der Waals surface area contributed by atoms with E-state index in [1.807, 2.05) is 25.1 Å². The fourth-order valence-electron chi connectivity index (χ4n) is 2.39. The average molecular weight is 333 g/mol. The Kier molecular flexibility index (Phi) is 5.93. The summed E-state index contributed by atoms with van der Waals surface area (Å²) in [6.45, 7) is 3.39. The second kappa shape index (κ2) is 7.73. The van der Waals surface area contributed by atoms with Crippen molar-refractivity contribution in [3.63, 3.8) is 0 Å². The molecule has 0 heterocycles. The highest BCUT2D eigenvalue weighted by Gasteiger charge is 2.17. The van der Waals surface area contributed by atoms with E-state index < -0.39 is 15.9 Å². The molecule has 0 unspecified atom stereocenters. The van der Waals surface area contributed by atoms with Gasteiger partial charge in [0.2, 0.25) is 0 Å². The van der Waals surface area contributed by atoms with Gasteiger partial charge in [-0.1, -0.05) is 49.4 Å². The zero-order valence-electron chi connectivity index (χ0n) is 13.4. The molecule has 0 bridgehead atoms. The van der Waals surface area contributed by atoms with Crippen LogP contribution in [0.1, 0.15) is 24.2 Å². The highest BCUT2D eigenvalue weighted by molar-refractivity contribution is 7.90. The van der Waals surface area contributed by atoms with E-state index in [-0.39, 0.29) is 10.8 Å². The van der Waals surface area contributed by atoms with Crippen LogP contribution in [-0.2, 0) is 16.4 Å². The lowest BCUT2D eigenvalue weighted by Crippen LogP contribution is -2.25. The fraction of sp³-hybridized carbons (Fsp3) is 0.333. The minimum atomic E-state index is -3.20. The molecular formula is C18H23NO3S. The molecule has 0 aliphatic carbocycles. The third-order valence-electron chi connectivity index (χ3n) is 3.83. The SMILES string of the molecule is C[C@H](CNCc1ccccc1)[C@@H](O)c1ccc(S(C)(=O)=O)cc1. The standard InChI is InChI=1S/C18H23NO3S/c1-14(12-19-13-15-6-4-3-5-7-15)18(20)16-8-10-17(11-9-16)23(2,21)22/h3-11,14,18-20H,12-13H2,1-2H3/t14-,18-/m1/s1. The maximum absolute atomic E-state index is 11.5. The molecular weight excluding hydrogens is 310 g/mol. The van der Waals surface area contributed by atoms with E-state index in [4.69, 9.17) is 0 Å². The first-order valence-corrected chi connectivity index (χ1v) is 9.50. The van der Waals surface area contributed by atoms with Crippen LogP contribution < -0.4 is 5.32 Å². The number of aliphatic hydroxyl groups excluding tert-OH is 1. The third-order valence-corrected chi connectivity index (χ3v) is 4.96. The van der Waals surface area contributed by atoms with Gasteiger partial charge in [-0.2, -0.15) is 0 Å². The van der Waals surface area contributed by atoms with Gasteiger partial charge in [-0.05, 0) is 29.2 Å². The second-order valence-corrected chi connectivity index (χ2v) is 7.90. The van der Waals surface area contributed by atoms with Crippen LogP contribution in [0.3, 0.4) is 0 Å². The van der Waals surface area contributed by atoms with Crippen LogP contribution in [0.25, 0.3) is 0 Å². The lowest BCUT2D eigenvalue weighted by molar-refractivity contribution is 0.116. The van der Waals surface area contributed by atoms with E-state index in [1.165, 1.54) is 24.0 Å². The zero-order chi connectivity index (χ0) is 16.9. The van der Waals surface area contributed by atoms with Gasteiger partial charge in [0.1, 0.15) is 0 Å². The number of hydrogen-bond donors (Lipinski definition) is 2. The van der Waals surface area contributed by atoms with Gasteiger partial charge in [-0.25, -0.2) is 8.42 Å². The Morgan fingerprint density at radius 2 is 1.65 bits per heavy atom. The van der Waals surface area contributed by atoms with Gasteiger partial charge in [0, 0.05) is 19.3 Å². The minimum Gasteiger partial charge on any atom is -0.388 e. The number of aliphatic hydroxyl groups is 1. The van der Waals surface area contributed by atoms with E-state index in [9.17, 15) is 13.5 Å². The summed E-state index contributed by atoms with van der Waals surface area (Å²) in [6.07, 6.45) is 0.543. The molecule has 2 N–H and O–H groups in total. The van der Waals surface area contributed by atoms with Crippen LogP contribution in [0.5, 0.6) is 0 Å². The Bertz CT molecular complexity index is 712. The Morgan fingerprint density at radius 3 is 2.22 bits per heavy atom. The smallest absolute Gasteiger partial charge is 0.175 e. The number of benzene rings is 2. The summed E-state index contributed by atoms with van der Waals surface area (Å²) in [5.74, 6) is 0.0165. The monoisotopic (exact) mass is 333 g/mol. The van der Waals surface area contributed by atoms with Crippen molar-refractivity contribution in [1.82, 2.24) is 5.32 Å². The van der Waals surface area contributed by atoms with Crippen molar-refractivity contribution in [1.29, 1.82) is 0 Å². The molecule has 0 saturated carbocycles. The summed E-state index contributed by atoms with van der Waals surface area (Å²) in [5.41, 5.74) is 1.93. The molecule has 0 saturated heterocycles. The summed E-state index contributed by atoms with van der Waals surface area (Å²) in [6, 6.07) is 16.5. The summed E-state index contributed by atoms with van der Waals surface area (Å²) in [4.78, 5) is 0.267. The average Bonchev–Trinajstić information content (AvgIpc) is 2.54. The number of hydrogen-bond acceptors (Lipinski definition) is 4. The fourth-order valence-corrected chi connectivity index (χ4v) is 3.02. The maximum Gasteiger partial charge on any atom is 0.175 e. The predicted octanol–water partition coefficient (Wildman–Crippen LogP) is 2.55. The summed E-state index contributed by atoms with van der Waals surface area (Å²) in [5, 5.41) is 13.7. The van der Waals surface area contributed by atoms with Gasteiger partial charge in [-0.3, -0.25) is 0 Å². The van der Waals surface area contributed by atoms with Crippen molar-refractivity contribution in [2.75, 3.05) is 12.8 Å². The maximum atomic E-state index is 11.5. The van der Waals surface area contributed by atoms with Crippen LogP contribution in [0.15, 0.2) is 59.5 Å².